The van der Waals surface area contributed by atoms with E-state index in [4.69, 9.17) is 10.5 Å². The number of fused-ring (bicyclic) bond motifs is 1. The number of hydrogen-bond acceptors (Lipinski definition) is 3. The largest absolute Gasteiger partial charge is 0.399 e. The highest BCUT2D eigenvalue weighted by Crippen LogP contribution is 2.21. The SMILES string of the molecule is Nc1ccc2c(cnn2CC2CCOCC2)c1. The van der Waals surface area contributed by atoms with Crippen molar-refractivity contribution in [1.82, 2.24) is 9.78 Å². The maximum atomic E-state index is 5.76. The van der Waals surface area contributed by atoms with E-state index in [-0.39, 0.29) is 0 Å². The lowest BCUT2D eigenvalue weighted by atomic mass is 10.0. The van der Waals surface area contributed by atoms with Crippen LogP contribution in [-0.2, 0) is 11.3 Å². The van der Waals surface area contributed by atoms with Gasteiger partial charge in [-0.05, 0) is 37.0 Å². The summed E-state index contributed by atoms with van der Waals surface area (Å²) in [5.74, 6) is 0.685. The fourth-order valence-electron chi connectivity index (χ4n) is 2.42. The number of ether oxygens (including phenoxy) is 1. The van der Waals surface area contributed by atoms with Crippen molar-refractivity contribution in [3.05, 3.63) is 24.4 Å². The second-order valence-electron chi connectivity index (χ2n) is 4.70. The van der Waals surface area contributed by atoms with Crippen molar-refractivity contribution in [2.45, 2.75) is 19.4 Å². The van der Waals surface area contributed by atoms with Gasteiger partial charge in [-0.1, -0.05) is 0 Å². The Morgan fingerprint density at radius 2 is 2.18 bits per heavy atom. The quantitative estimate of drug-likeness (QED) is 0.805. The molecule has 0 atom stereocenters. The Labute approximate surface area is 100 Å². The van der Waals surface area contributed by atoms with Crippen molar-refractivity contribution in [3.63, 3.8) is 0 Å². The number of hydrogen-bond donors (Lipinski definition) is 1. The molecule has 1 aliphatic heterocycles. The molecule has 3 rings (SSSR count). The molecule has 1 aromatic heterocycles. The minimum absolute atomic E-state index is 0.685. The highest BCUT2D eigenvalue weighted by atomic mass is 16.5. The van der Waals surface area contributed by atoms with Crippen LogP contribution in [0.1, 0.15) is 12.8 Å². The monoisotopic (exact) mass is 231 g/mol. The molecule has 2 N–H and O–H groups in total. The third kappa shape index (κ3) is 2.13. The van der Waals surface area contributed by atoms with Gasteiger partial charge in [-0.15, -0.1) is 0 Å². The van der Waals surface area contributed by atoms with Crippen LogP contribution >= 0.6 is 0 Å². The van der Waals surface area contributed by atoms with Gasteiger partial charge in [0.1, 0.15) is 0 Å². The summed E-state index contributed by atoms with van der Waals surface area (Å²) in [4.78, 5) is 0. The van der Waals surface area contributed by atoms with E-state index in [0.29, 0.717) is 5.92 Å². The molecule has 0 aliphatic carbocycles. The van der Waals surface area contributed by atoms with E-state index in [1.165, 1.54) is 5.52 Å². The van der Waals surface area contributed by atoms with Gasteiger partial charge in [0.15, 0.2) is 0 Å². The summed E-state index contributed by atoms with van der Waals surface area (Å²) in [6.45, 7) is 2.75. The summed E-state index contributed by atoms with van der Waals surface area (Å²) in [7, 11) is 0. The number of rotatable bonds is 2. The number of aromatic nitrogens is 2. The predicted octanol–water partition coefficient (Wildman–Crippen LogP) is 2.05. The Hall–Kier alpha value is -1.55. The van der Waals surface area contributed by atoms with E-state index in [2.05, 4.69) is 15.8 Å². The van der Waals surface area contributed by atoms with Crippen molar-refractivity contribution >= 4 is 16.6 Å². The smallest absolute Gasteiger partial charge is 0.0684 e. The Balaban J connectivity index is 1.84. The molecule has 4 heteroatoms. The molecule has 0 bridgehead atoms. The van der Waals surface area contributed by atoms with Crippen molar-refractivity contribution < 1.29 is 4.74 Å². The van der Waals surface area contributed by atoms with Gasteiger partial charge in [-0.25, -0.2) is 0 Å². The van der Waals surface area contributed by atoms with Gasteiger partial charge < -0.3 is 10.5 Å². The van der Waals surface area contributed by atoms with Gasteiger partial charge in [-0.3, -0.25) is 4.68 Å². The first-order valence-corrected chi connectivity index (χ1v) is 6.12. The average molecular weight is 231 g/mol. The van der Waals surface area contributed by atoms with E-state index < -0.39 is 0 Å². The number of nitrogens with zero attached hydrogens (tertiary/aromatic N) is 2. The molecular formula is C13H17N3O. The first kappa shape index (κ1) is 10.6. The summed E-state index contributed by atoms with van der Waals surface area (Å²) >= 11 is 0. The normalized spacial score (nSPS) is 17.6. The average Bonchev–Trinajstić information content (AvgIpc) is 2.73. The van der Waals surface area contributed by atoms with Gasteiger partial charge in [0, 0.05) is 30.8 Å². The molecule has 1 fully saturated rings. The molecule has 1 aromatic carbocycles. The Morgan fingerprint density at radius 3 is 3.00 bits per heavy atom. The molecular weight excluding hydrogens is 214 g/mol. The molecule has 0 radical (unpaired) electrons. The standard InChI is InChI=1S/C13H17N3O/c14-12-1-2-13-11(7-12)8-15-16(13)9-10-3-5-17-6-4-10/h1-2,7-8,10H,3-6,9,14H2. The first-order chi connectivity index (χ1) is 8.33. The predicted molar refractivity (Wildman–Crippen MR) is 67.7 cm³/mol. The van der Waals surface area contributed by atoms with Crippen LogP contribution in [0.15, 0.2) is 24.4 Å². The minimum Gasteiger partial charge on any atom is -0.399 e. The van der Waals surface area contributed by atoms with Crippen LogP contribution in [-0.4, -0.2) is 23.0 Å². The van der Waals surface area contributed by atoms with Gasteiger partial charge in [-0.2, -0.15) is 5.10 Å². The van der Waals surface area contributed by atoms with E-state index in [9.17, 15) is 0 Å². The lowest BCUT2D eigenvalue weighted by Gasteiger charge is -2.22. The van der Waals surface area contributed by atoms with Crippen LogP contribution in [0.25, 0.3) is 10.9 Å². The highest BCUT2D eigenvalue weighted by Gasteiger charge is 2.15. The van der Waals surface area contributed by atoms with Gasteiger partial charge in [0.2, 0.25) is 0 Å². The van der Waals surface area contributed by atoms with Crippen LogP contribution in [0.4, 0.5) is 5.69 Å². The number of nitrogens with two attached hydrogens (primary N) is 1. The van der Waals surface area contributed by atoms with Crippen LogP contribution in [0.5, 0.6) is 0 Å². The third-order valence-electron chi connectivity index (χ3n) is 3.44. The molecule has 2 heterocycles. The van der Waals surface area contributed by atoms with Crippen molar-refractivity contribution in [1.29, 1.82) is 0 Å². The molecule has 1 aliphatic rings. The van der Waals surface area contributed by atoms with Gasteiger partial charge in [0.25, 0.3) is 0 Å². The lowest BCUT2D eigenvalue weighted by Crippen LogP contribution is -2.20. The minimum atomic E-state index is 0.685. The Bertz CT molecular complexity index is 514. The summed E-state index contributed by atoms with van der Waals surface area (Å²) in [5.41, 5.74) is 7.73. The lowest BCUT2D eigenvalue weighted by molar-refractivity contribution is 0.0605. The number of nitrogen functional groups attached to an aromatic ring is 1. The Kier molecular flexibility index (Phi) is 2.73. The van der Waals surface area contributed by atoms with Crippen molar-refractivity contribution in [3.8, 4) is 0 Å². The molecule has 17 heavy (non-hydrogen) atoms. The summed E-state index contributed by atoms with van der Waals surface area (Å²) < 4.78 is 7.46. The van der Waals surface area contributed by atoms with E-state index in [1.54, 1.807) is 0 Å². The molecule has 0 unspecified atom stereocenters. The molecule has 4 nitrogen and oxygen atoms in total. The van der Waals surface area contributed by atoms with Crippen molar-refractivity contribution in [2.24, 2.45) is 5.92 Å². The molecule has 2 aromatic rings. The topological polar surface area (TPSA) is 53.1 Å². The molecule has 0 amide bonds. The number of anilines is 1. The molecule has 90 valence electrons. The highest BCUT2D eigenvalue weighted by molar-refractivity contribution is 5.81. The first-order valence-electron chi connectivity index (χ1n) is 6.12. The van der Waals surface area contributed by atoms with Crippen LogP contribution < -0.4 is 5.73 Å². The number of benzene rings is 1. The zero-order chi connectivity index (χ0) is 11.7. The maximum absolute atomic E-state index is 5.76. The fourth-order valence-corrected chi connectivity index (χ4v) is 2.42. The summed E-state index contributed by atoms with van der Waals surface area (Å²) in [5, 5.41) is 5.57. The van der Waals surface area contributed by atoms with Crippen LogP contribution in [0.3, 0.4) is 0 Å². The second-order valence-corrected chi connectivity index (χ2v) is 4.70. The van der Waals surface area contributed by atoms with E-state index in [0.717, 1.165) is 43.7 Å². The third-order valence-corrected chi connectivity index (χ3v) is 3.44. The maximum Gasteiger partial charge on any atom is 0.0684 e. The zero-order valence-electron chi connectivity index (χ0n) is 9.80. The van der Waals surface area contributed by atoms with E-state index >= 15 is 0 Å². The zero-order valence-corrected chi connectivity index (χ0v) is 9.80. The summed E-state index contributed by atoms with van der Waals surface area (Å²) in [6, 6.07) is 5.96. The van der Waals surface area contributed by atoms with Crippen LogP contribution in [0, 0.1) is 5.92 Å². The molecule has 1 saturated heterocycles. The van der Waals surface area contributed by atoms with Gasteiger partial charge >= 0.3 is 0 Å². The van der Waals surface area contributed by atoms with Crippen molar-refractivity contribution in [2.75, 3.05) is 18.9 Å². The Morgan fingerprint density at radius 1 is 1.35 bits per heavy atom. The summed E-state index contributed by atoms with van der Waals surface area (Å²) in [6.07, 6.45) is 4.16. The van der Waals surface area contributed by atoms with E-state index in [1.807, 2.05) is 18.3 Å². The molecule has 0 saturated carbocycles. The fraction of sp³-hybridized carbons (Fsp3) is 0.462. The van der Waals surface area contributed by atoms with Gasteiger partial charge in [0.05, 0.1) is 11.7 Å². The molecule has 0 spiro atoms. The van der Waals surface area contributed by atoms with Crippen LogP contribution in [0.2, 0.25) is 0 Å². The second kappa shape index (κ2) is 4.37.